The second-order valence-electron chi connectivity index (χ2n) is 8.26. The van der Waals surface area contributed by atoms with Crippen molar-refractivity contribution in [3.8, 4) is 0 Å². The van der Waals surface area contributed by atoms with Gasteiger partial charge in [0.2, 0.25) is 0 Å². The predicted molar refractivity (Wildman–Crippen MR) is 115 cm³/mol. The molecule has 3 rings (SSSR count). The first kappa shape index (κ1) is 24.3. The fourth-order valence-corrected chi connectivity index (χ4v) is 4.13. The highest BCUT2D eigenvalue weighted by Crippen LogP contribution is 2.31. The Hall–Kier alpha value is -2.32. The smallest absolute Gasteiger partial charge is 0.416 e. The van der Waals surface area contributed by atoms with Crippen LogP contribution in [-0.2, 0) is 24.0 Å². The molecule has 0 saturated heterocycles. The Morgan fingerprint density at radius 3 is 2.66 bits per heavy atom. The maximum absolute atomic E-state index is 13.1. The van der Waals surface area contributed by atoms with Gasteiger partial charge in [-0.25, -0.2) is 0 Å². The second-order valence-corrected chi connectivity index (χ2v) is 8.26. The van der Waals surface area contributed by atoms with Crippen molar-refractivity contribution in [2.45, 2.75) is 63.8 Å². The number of nitrogens with one attached hydrogen (secondary N) is 1. The van der Waals surface area contributed by atoms with E-state index in [9.17, 15) is 18.0 Å². The first-order valence-electron chi connectivity index (χ1n) is 11.1. The Balaban J connectivity index is 1.69. The van der Waals surface area contributed by atoms with Crippen molar-refractivity contribution in [1.29, 1.82) is 0 Å². The molecule has 5 nitrogen and oxygen atoms in total. The van der Waals surface area contributed by atoms with Crippen molar-refractivity contribution >= 4 is 5.91 Å². The molecule has 0 aliphatic heterocycles. The van der Waals surface area contributed by atoms with Crippen LogP contribution in [0.25, 0.3) is 0 Å². The average Bonchev–Trinajstić information content (AvgIpc) is 3.25. The summed E-state index contributed by atoms with van der Waals surface area (Å²) in [6.07, 6.45) is 1.76. The van der Waals surface area contributed by atoms with Crippen LogP contribution in [0.1, 0.15) is 66.0 Å². The van der Waals surface area contributed by atoms with Gasteiger partial charge in [0.25, 0.3) is 5.91 Å². The highest BCUT2D eigenvalue weighted by atomic mass is 19.4. The van der Waals surface area contributed by atoms with E-state index in [2.05, 4.69) is 10.2 Å². The highest BCUT2D eigenvalue weighted by Gasteiger charge is 2.31. The molecule has 0 radical (unpaired) electrons. The van der Waals surface area contributed by atoms with Crippen LogP contribution in [0.15, 0.2) is 40.8 Å². The molecule has 0 atom stereocenters. The van der Waals surface area contributed by atoms with E-state index in [0.717, 1.165) is 31.7 Å². The lowest BCUT2D eigenvalue weighted by Gasteiger charge is -2.34. The van der Waals surface area contributed by atoms with E-state index in [0.29, 0.717) is 44.0 Å². The van der Waals surface area contributed by atoms with E-state index >= 15 is 0 Å². The Kier molecular flexibility index (Phi) is 8.75. The minimum absolute atomic E-state index is 0.236. The van der Waals surface area contributed by atoms with E-state index in [-0.39, 0.29) is 17.7 Å². The zero-order valence-electron chi connectivity index (χ0n) is 18.4. The Labute approximate surface area is 186 Å². The Morgan fingerprint density at radius 1 is 1.16 bits per heavy atom. The Morgan fingerprint density at radius 2 is 1.94 bits per heavy atom. The van der Waals surface area contributed by atoms with Gasteiger partial charge >= 0.3 is 6.18 Å². The lowest BCUT2D eigenvalue weighted by atomic mass is 9.93. The average molecular weight is 453 g/mol. The summed E-state index contributed by atoms with van der Waals surface area (Å²) in [5.41, 5.74) is -0.0166. The molecule has 0 unspecified atom stereocenters. The molecule has 1 aromatic heterocycles. The van der Waals surface area contributed by atoms with E-state index < -0.39 is 11.7 Å². The third-order valence-electron chi connectivity index (χ3n) is 5.79. The van der Waals surface area contributed by atoms with Crippen LogP contribution >= 0.6 is 0 Å². The molecule has 1 aliphatic rings. The molecule has 32 heavy (non-hydrogen) atoms. The van der Waals surface area contributed by atoms with Gasteiger partial charge in [0.05, 0.1) is 12.1 Å². The number of amides is 1. The van der Waals surface area contributed by atoms with Crippen molar-refractivity contribution in [2.24, 2.45) is 0 Å². The van der Waals surface area contributed by atoms with Gasteiger partial charge in [-0.1, -0.05) is 37.5 Å². The third kappa shape index (κ3) is 7.10. The molecule has 0 bridgehead atoms. The number of nitrogens with zero attached hydrogens (tertiary/aromatic N) is 1. The molecule has 0 spiro atoms. The van der Waals surface area contributed by atoms with Crippen LogP contribution in [-0.4, -0.2) is 37.1 Å². The van der Waals surface area contributed by atoms with E-state index in [1.807, 2.05) is 0 Å². The maximum atomic E-state index is 13.1. The zero-order valence-corrected chi connectivity index (χ0v) is 18.4. The van der Waals surface area contributed by atoms with E-state index in [4.69, 9.17) is 9.15 Å². The Bertz CT molecular complexity index is 860. The molecule has 1 aliphatic carbocycles. The minimum atomic E-state index is -4.36. The summed E-state index contributed by atoms with van der Waals surface area (Å²) < 4.78 is 50.2. The lowest BCUT2D eigenvalue weighted by Crippen LogP contribution is -2.35. The van der Waals surface area contributed by atoms with Gasteiger partial charge < -0.3 is 14.5 Å². The van der Waals surface area contributed by atoms with Crippen LogP contribution in [0, 0.1) is 0 Å². The van der Waals surface area contributed by atoms with Crippen LogP contribution < -0.4 is 5.32 Å². The SMILES string of the molecule is COCCCNC(=O)c1ccc(CN(Cc2cccc(C(F)(F)F)c2)C2CCCCC2)o1. The predicted octanol–water partition coefficient (Wildman–Crippen LogP) is 5.40. The van der Waals surface area contributed by atoms with Crippen LogP contribution in [0.4, 0.5) is 13.2 Å². The van der Waals surface area contributed by atoms with Crippen LogP contribution in [0.2, 0.25) is 0 Å². The molecule has 1 N–H and O–H groups in total. The van der Waals surface area contributed by atoms with Gasteiger partial charge in [0, 0.05) is 32.8 Å². The van der Waals surface area contributed by atoms with Crippen molar-refractivity contribution in [1.82, 2.24) is 10.2 Å². The number of methoxy groups -OCH3 is 1. The molecular formula is C24H31F3N2O3. The standard InChI is InChI=1S/C24H31F3N2O3/c1-31-14-6-13-28-23(30)22-12-11-21(32-22)17-29(20-9-3-2-4-10-20)16-18-7-5-8-19(15-18)24(25,26)27/h5,7-8,11-12,15,20H,2-4,6,9-10,13-14,16-17H2,1H3,(H,28,30). The summed E-state index contributed by atoms with van der Waals surface area (Å²) in [6, 6.07) is 9.18. The molecule has 176 valence electrons. The normalized spacial score (nSPS) is 15.3. The third-order valence-corrected chi connectivity index (χ3v) is 5.79. The first-order chi connectivity index (χ1) is 15.4. The van der Waals surface area contributed by atoms with E-state index in [1.165, 1.54) is 18.6 Å². The van der Waals surface area contributed by atoms with Crippen LogP contribution in [0.5, 0.6) is 0 Å². The van der Waals surface area contributed by atoms with Crippen LogP contribution in [0.3, 0.4) is 0 Å². The largest absolute Gasteiger partial charge is 0.455 e. The second kappa shape index (κ2) is 11.5. The van der Waals surface area contributed by atoms with Crippen molar-refractivity contribution < 1.29 is 27.1 Å². The number of rotatable bonds is 10. The number of carbonyl (C=O) groups is 1. The van der Waals surface area contributed by atoms with Gasteiger partial charge in [0.15, 0.2) is 5.76 Å². The van der Waals surface area contributed by atoms with Gasteiger partial charge in [-0.3, -0.25) is 9.69 Å². The number of hydrogen-bond donors (Lipinski definition) is 1. The first-order valence-corrected chi connectivity index (χ1v) is 11.1. The van der Waals surface area contributed by atoms with Crippen molar-refractivity contribution in [2.75, 3.05) is 20.3 Å². The van der Waals surface area contributed by atoms with Gasteiger partial charge in [-0.2, -0.15) is 13.2 Å². The summed E-state index contributed by atoms with van der Waals surface area (Å²) in [6.45, 7) is 1.90. The number of furan rings is 1. The zero-order chi connectivity index (χ0) is 23.0. The number of hydrogen-bond acceptors (Lipinski definition) is 4. The number of benzene rings is 1. The fourth-order valence-electron chi connectivity index (χ4n) is 4.13. The van der Waals surface area contributed by atoms with Gasteiger partial charge in [-0.05, 0) is 43.0 Å². The number of carbonyl (C=O) groups excluding carboxylic acids is 1. The van der Waals surface area contributed by atoms with Gasteiger partial charge in [0.1, 0.15) is 5.76 Å². The summed E-state index contributed by atoms with van der Waals surface area (Å²) in [5.74, 6) is 0.583. The monoisotopic (exact) mass is 452 g/mol. The summed E-state index contributed by atoms with van der Waals surface area (Å²) in [7, 11) is 1.61. The van der Waals surface area contributed by atoms with E-state index in [1.54, 1.807) is 25.3 Å². The molecule has 1 heterocycles. The molecular weight excluding hydrogens is 421 g/mol. The molecule has 8 heteroatoms. The number of halogens is 3. The number of alkyl halides is 3. The topological polar surface area (TPSA) is 54.7 Å². The quantitative estimate of drug-likeness (QED) is 0.491. The maximum Gasteiger partial charge on any atom is 0.416 e. The minimum Gasteiger partial charge on any atom is -0.455 e. The van der Waals surface area contributed by atoms with Gasteiger partial charge in [-0.15, -0.1) is 0 Å². The summed E-state index contributed by atoms with van der Waals surface area (Å²) in [5, 5.41) is 2.79. The highest BCUT2D eigenvalue weighted by molar-refractivity contribution is 5.91. The van der Waals surface area contributed by atoms with Crippen molar-refractivity contribution in [3.63, 3.8) is 0 Å². The number of ether oxygens (including phenoxy) is 1. The lowest BCUT2D eigenvalue weighted by molar-refractivity contribution is -0.137. The molecule has 1 fully saturated rings. The summed E-state index contributed by atoms with van der Waals surface area (Å²) in [4.78, 5) is 14.4. The molecule has 1 amide bonds. The fraction of sp³-hybridized carbons (Fsp3) is 0.542. The molecule has 1 aromatic carbocycles. The molecule has 2 aromatic rings. The van der Waals surface area contributed by atoms with Crippen molar-refractivity contribution in [3.05, 3.63) is 59.0 Å². The molecule has 1 saturated carbocycles. The summed E-state index contributed by atoms with van der Waals surface area (Å²) >= 11 is 0.